The van der Waals surface area contributed by atoms with Crippen molar-refractivity contribution in [2.45, 2.75) is 203 Å². The number of fused-ring (bicyclic) bond motifs is 9. The maximum absolute atomic E-state index is 11.6. The Bertz CT molecular complexity index is 1590. The molecule has 3 saturated carbocycles. The summed E-state index contributed by atoms with van der Waals surface area (Å²) in [7, 11) is 0. The molecular weight excluding hydrogens is 794 g/mol. The zero-order valence-corrected chi connectivity index (χ0v) is 36.3. The van der Waals surface area contributed by atoms with Crippen LogP contribution in [0.5, 0.6) is 0 Å². The first-order valence-corrected chi connectivity index (χ1v) is 23.4. The summed E-state index contributed by atoms with van der Waals surface area (Å²) in [5.41, 5.74) is 1.72. The van der Waals surface area contributed by atoms with Crippen LogP contribution in [0.25, 0.3) is 0 Å². The number of aliphatic hydroxyl groups excluding tert-OH is 9. The monoisotopic (exact) mass is 867 g/mol. The van der Waals surface area contributed by atoms with E-state index in [4.69, 9.17) is 28.4 Å². The molecule has 9 aliphatic rings. The lowest BCUT2D eigenvalue weighted by Gasteiger charge is -2.58. The van der Waals surface area contributed by atoms with Gasteiger partial charge in [0.25, 0.3) is 0 Å². The molecule has 0 amide bonds. The summed E-state index contributed by atoms with van der Waals surface area (Å²) < 4.78 is 36.8. The Morgan fingerprint density at radius 3 is 2.05 bits per heavy atom. The largest absolute Gasteiger partial charge is 0.394 e. The number of hydrogen-bond donors (Lipinski definition) is 9. The van der Waals surface area contributed by atoms with Crippen LogP contribution < -0.4 is 0 Å². The van der Waals surface area contributed by atoms with Gasteiger partial charge in [0.1, 0.15) is 67.1 Å². The van der Waals surface area contributed by atoms with E-state index in [2.05, 4.69) is 38.7 Å². The molecule has 0 aromatic carbocycles. The lowest BCUT2D eigenvalue weighted by atomic mass is 9.47. The minimum Gasteiger partial charge on any atom is -0.394 e. The van der Waals surface area contributed by atoms with Crippen molar-refractivity contribution in [2.24, 2.45) is 46.3 Å². The van der Waals surface area contributed by atoms with E-state index in [1.165, 1.54) is 51.1 Å². The second-order valence-corrected chi connectivity index (χ2v) is 21.2. The second kappa shape index (κ2) is 17.1. The number of piperidine rings is 1. The third kappa shape index (κ3) is 7.42. The molecule has 4 aliphatic carbocycles. The van der Waals surface area contributed by atoms with E-state index in [0.717, 1.165) is 36.6 Å². The van der Waals surface area contributed by atoms with Gasteiger partial charge >= 0.3 is 0 Å². The van der Waals surface area contributed by atoms with Gasteiger partial charge < -0.3 is 74.4 Å². The zero-order chi connectivity index (χ0) is 43.4. The van der Waals surface area contributed by atoms with Crippen LogP contribution in [0.1, 0.15) is 92.4 Å². The Labute approximate surface area is 359 Å². The van der Waals surface area contributed by atoms with Crippen molar-refractivity contribution in [3.05, 3.63) is 11.6 Å². The molecule has 0 bridgehead atoms. The molecule has 16 nitrogen and oxygen atoms in total. The summed E-state index contributed by atoms with van der Waals surface area (Å²) in [4.78, 5) is 2.94. The Kier molecular flexibility index (Phi) is 12.7. The van der Waals surface area contributed by atoms with Crippen LogP contribution >= 0.6 is 0 Å². The first-order chi connectivity index (χ1) is 29.0. The van der Waals surface area contributed by atoms with Gasteiger partial charge in [0.15, 0.2) is 18.9 Å². The van der Waals surface area contributed by atoms with E-state index in [9.17, 15) is 46.0 Å². The van der Waals surface area contributed by atoms with Crippen LogP contribution in [0.3, 0.4) is 0 Å². The summed E-state index contributed by atoms with van der Waals surface area (Å²) in [6, 6.07) is 1.43. The SMILES string of the molecule is C[C@@H]1CC[C@H]2[C@H](C)[C@@H]3[C@@H](C[C@@H]4[C@H]5CC=C6C[C@H](O[C@@H]7O[C@H](CO)[C@@H](O)[C@H](O[C@H]8O[C@@H](CO)[C@H](O)[C@@H](O)[C@@H]8O)[C@@H]7O[C@@H]7O[C@H](C)[C@@H](O)[C@H](O)[C@@H]7O)CC[C@]6(C)[C@@H]5CC[C@@]34C)N2C1. The molecule has 5 heterocycles. The summed E-state index contributed by atoms with van der Waals surface area (Å²) in [5, 5.41) is 95.8. The van der Waals surface area contributed by atoms with Crippen molar-refractivity contribution in [2.75, 3.05) is 19.8 Å². The molecule has 0 radical (unpaired) electrons. The molecule has 5 saturated heterocycles. The third-order valence-corrected chi connectivity index (χ3v) is 18.0. The average Bonchev–Trinajstić information content (AvgIpc) is 3.71. The van der Waals surface area contributed by atoms with Crippen LogP contribution in [0, 0.1) is 46.3 Å². The minimum absolute atomic E-state index is 0.00462. The molecule has 0 spiro atoms. The number of allylic oxidation sites excluding steroid dienone is 1. The van der Waals surface area contributed by atoms with Crippen molar-refractivity contribution in [1.82, 2.24) is 4.90 Å². The quantitative estimate of drug-likeness (QED) is 0.148. The van der Waals surface area contributed by atoms with Gasteiger partial charge in [0.05, 0.1) is 25.4 Å². The fourth-order valence-electron chi connectivity index (χ4n) is 14.7. The van der Waals surface area contributed by atoms with Crippen molar-refractivity contribution in [3.63, 3.8) is 0 Å². The van der Waals surface area contributed by atoms with E-state index >= 15 is 0 Å². The fraction of sp³-hybridized carbons (Fsp3) is 0.956. The highest BCUT2D eigenvalue weighted by molar-refractivity contribution is 5.27. The number of nitrogens with zero attached hydrogens (tertiary/aromatic N) is 1. The van der Waals surface area contributed by atoms with Crippen LogP contribution in [0.4, 0.5) is 0 Å². The Balaban J connectivity index is 0.952. The molecule has 348 valence electrons. The molecule has 16 heteroatoms. The standard InChI is InChI=1S/C45H73NO15/c1-19-6-9-27-20(2)31-28(46(27)16-19)15-26-24-8-7-22-14-23(10-12-44(22,4)25(24)11-13-45(26,31)5)57-43-40(61-41-37(54)35(52)32(49)21(3)56-41)39(34(51)30(18-48)59-43)60-42-38(55)36(53)33(50)29(17-47)58-42/h7,19-21,23-43,47-55H,6,8-18H2,1-5H3/t19-,20+,21-,23-,24+,25-,26-,27+,28-,29+,30-,31-,32-,33+,34-,35+,36-,37+,38+,39+,40+,41+,42-,43-,44+,45-/m1/s1. The average molecular weight is 868 g/mol. The molecule has 61 heavy (non-hydrogen) atoms. The second-order valence-electron chi connectivity index (χ2n) is 21.2. The van der Waals surface area contributed by atoms with Gasteiger partial charge in [-0.2, -0.15) is 0 Å². The maximum atomic E-state index is 11.6. The van der Waals surface area contributed by atoms with Crippen molar-refractivity contribution < 1.29 is 74.4 Å². The summed E-state index contributed by atoms with van der Waals surface area (Å²) in [6.07, 6.45) is -11.1. The first kappa shape index (κ1) is 45.3. The van der Waals surface area contributed by atoms with Gasteiger partial charge in [-0.05, 0) is 111 Å². The highest BCUT2D eigenvalue weighted by Crippen LogP contribution is 2.70. The lowest BCUT2D eigenvalue weighted by Crippen LogP contribution is -2.67. The van der Waals surface area contributed by atoms with Crippen molar-refractivity contribution in [1.29, 1.82) is 0 Å². The van der Waals surface area contributed by atoms with Gasteiger partial charge in [-0.15, -0.1) is 0 Å². The molecular formula is C45H73NO15. The van der Waals surface area contributed by atoms with E-state index in [1.807, 2.05) is 0 Å². The molecule has 26 atom stereocenters. The summed E-state index contributed by atoms with van der Waals surface area (Å²) in [5.74, 6) is 4.15. The highest BCUT2D eigenvalue weighted by Gasteiger charge is 2.66. The normalized spacial score (nSPS) is 57.3. The predicted octanol–water partition coefficient (Wildman–Crippen LogP) is 0.155. The Morgan fingerprint density at radius 2 is 1.33 bits per heavy atom. The molecule has 0 aromatic rings. The molecule has 5 aliphatic heterocycles. The first-order valence-electron chi connectivity index (χ1n) is 23.4. The van der Waals surface area contributed by atoms with E-state index in [1.54, 1.807) is 0 Å². The highest BCUT2D eigenvalue weighted by atomic mass is 16.8. The van der Waals surface area contributed by atoms with E-state index < -0.39 is 105 Å². The van der Waals surface area contributed by atoms with Crippen LogP contribution in [0.2, 0.25) is 0 Å². The topological polar surface area (TPSA) is 241 Å². The maximum Gasteiger partial charge on any atom is 0.187 e. The molecule has 9 N–H and O–H groups in total. The smallest absolute Gasteiger partial charge is 0.187 e. The fourth-order valence-corrected chi connectivity index (χ4v) is 14.7. The van der Waals surface area contributed by atoms with Gasteiger partial charge in [0, 0.05) is 18.6 Å². The number of hydrogen-bond acceptors (Lipinski definition) is 16. The van der Waals surface area contributed by atoms with Gasteiger partial charge in [0.2, 0.25) is 0 Å². The van der Waals surface area contributed by atoms with Crippen LogP contribution in [-0.2, 0) is 28.4 Å². The van der Waals surface area contributed by atoms with E-state index in [-0.39, 0.29) is 11.5 Å². The third-order valence-electron chi connectivity index (χ3n) is 18.0. The Hall–Kier alpha value is -0.900. The van der Waals surface area contributed by atoms with Crippen molar-refractivity contribution >= 4 is 0 Å². The molecule has 0 aromatic heterocycles. The molecule has 8 fully saturated rings. The van der Waals surface area contributed by atoms with Gasteiger partial charge in [-0.25, -0.2) is 0 Å². The summed E-state index contributed by atoms with van der Waals surface area (Å²) >= 11 is 0. The lowest BCUT2D eigenvalue weighted by molar-refractivity contribution is -0.394. The van der Waals surface area contributed by atoms with Crippen molar-refractivity contribution in [3.8, 4) is 0 Å². The molecule has 0 unspecified atom stereocenters. The predicted molar refractivity (Wildman–Crippen MR) is 215 cm³/mol. The minimum atomic E-state index is -1.83. The van der Waals surface area contributed by atoms with Crippen LogP contribution in [0.15, 0.2) is 11.6 Å². The zero-order valence-electron chi connectivity index (χ0n) is 36.3. The number of ether oxygens (including phenoxy) is 6. The van der Waals surface area contributed by atoms with Gasteiger partial charge in [-0.1, -0.05) is 39.3 Å². The number of aliphatic hydroxyl groups is 9. The Morgan fingerprint density at radius 1 is 0.672 bits per heavy atom. The summed E-state index contributed by atoms with van der Waals surface area (Å²) in [6.45, 7) is 11.4. The van der Waals surface area contributed by atoms with E-state index in [0.29, 0.717) is 42.1 Å². The molecule has 9 rings (SSSR count). The van der Waals surface area contributed by atoms with Gasteiger partial charge in [-0.3, -0.25) is 4.90 Å². The van der Waals surface area contributed by atoms with Crippen LogP contribution in [-0.4, -0.2) is 181 Å². The number of rotatable bonds is 8.